The maximum Gasteiger partial charge on any atom is 0.140 e. The van der Waals surface area contributed by atoms with Crippen LogP contribution in [0.25, 0.3) is 0 Å². The summed E-state index contributed by atoms with van der Waals surface area (Å²) in [6.07, 6.45) is 3.42. The first-order chi connectivity index (χ1) is 5.69. The van der Waals surface area contributed by atoms with Crippen molar-refractivity contribution in [3.8, 4) is 0 Å². The molecule has 0 aromatic rings. The van der Waals surface area contributed by atoms with E-state index in [1.165, 1.54) is 18.6 Å². The van der Waals surface area contributed by atoms with Crippen LogP contribution < -0.4 is 0 Å². The fraction of sp³-hybridized carbons (Fsp3) is 0.900. The van der Waals surface area contributed by atoms with Gasteiger partial charge in [0.25, 0.3) is 0 Å². The van der Waals surface area contributed by atoms with E-state index in [0.717, 1.165) is 18.1 Å². The molecule has 0 amide bonds. The third-order valence-electron chi connectivity index (χ3n) is 4.63. The van der Waals surface area contributed by atoms with Crippen LogP contribution in [-0.4, -0.2) is 17.3 Å². The average molecular weight is 182 g/mol. The van der Waals surface area contributed by atoms with E-state index >= 15 is 0 Å². The van der Waals surface area contributed by atoms with E-state index in [2.05, 4.69) is 6.92 Å². The van der Waals surface area contributed by atoms with Crippen molar-refractivity contribution >= 4 is 17.5 Å². The SMILES string of the molecule is CC12CSCC13CCC2CC3=O. The largest absolute Gasteiger partial charge is 0.299 e. The van der Waals surface area contributed by atoms with E-state index in [0.29, 0.717) is 11.2 Å². The maximum atomic E-state index is 11.8. The van der Waals surface area contributed by atoms with Crippen LogP contribution in [-0.2, 0) is 4.79 Å². The van der Waals surface area contributed by atoms with E-state index in [9.17, 15) is 4.79 Å². The lowest BCUT2D eigenvalue weighted by molar-refractivity contribution is -0.127. The van der Waals surface area contributed by atoms with Crippen molar-refractivity contribution < 1.29 is 4.79 Å². The van der Waals surface area contributed by atoms with Crippen molar-refractivity contribution in [1.29, 1.82) is 0 Å². The number of thioether (sulfide) groups is 1. The van der Waals surface area contributed by atoms with Crippen LogP contribution in [0.2, 0.25) is 0 Å². The molecule has 3 aliphatic rings. The molecule has 0 radical (unpaired) electrons. The van der Waals surface area contributed by atoms with Gasteiger partial charge in [0, 0.05) is 17.6 Å². The molecule has 1 nitrogen and oxygen atoms in total. The standard InChI is InChI=1S/C10H14OS/c1-9-5-12-6-10(9)3-2-7(9)4-8(10)11/h7H,2-6H2,1H3. The Hall–Kier alpha value is 0.0200. The van der Waals surface area contributed by atoms with Gasteiger partial charge in [-0.3, -0.25) is 4.79 Å². The topological polar surface area (TPSA) is 17.1 Å². The highest BCUT2D eigenvalue weighted by Crippen LogP contribution is 2.69. The Bertz CT molecular complexity index is 259. The number of carbonyl (C=O) groups is 1. The molecule has 3 atom stereocenters. The second-order valence-electron chi connectivity index (χ2n) is 4.86. The highest BCUT2D eigenvalue weighted by Gasteiger charge is 2.68. The molecule has 1 saturated heterocycles. The van der Waals surface area contributed by atoms with E-state index in [1.807, 2.05) is 11.8 Å². The minimum atomic E-state index is 0.141. The van der Waals surface area contributed by atoms with Crippen molar-refractivity contribution in [2.75, 3.05) is 11.5 Å². The predicted molar refractivity (Wildman–Crippen MR) is 50.2 cm³/mol. The smallest absolute Gasteiger partial charge is 0.140 e. The van der Waals surface area contributed by atoms with E-state index < -0.39 is 0 Å². The van der Waals surface area contributed by atoms with Gasteiger partial charge in [-0.15, -0.1) is 0 Å². The normalized spacial score (nSPS) is 56.4. The molecule has 3 unspecified atom stereocenters. The molecule has 0 spiro atoms. The van der Waals surface area contributed by atoms with Gasteiger partial charge in [0.05, 0.1) is 0 Å². The van der Waals surface area contributed by atoms with Crippen molar-refractivity contribution in [3.05, 3.63) is 0 Å². The maximum absolute atomic E-state index is 11.8. The summed E-state index contributed by atoms with van der Waals surface area (Å²) < 4.78 is 0. The van der Waals surface area contributed by atoms with Gasteiger partial charge >= 0.3 is 0 Å². The lowest BCUT2D eigenvalue weighted by Gasteiger charge is -2.30. The number of ketones is 1. The summed E-state index contributed by atoms with van der Waals surface area (Å²) in [5.74, 6) is 3.69. The minimum absolute atomic E-state index is 0.141. The van der Waals surface area contributed by atoms with Crippen LogP contribution in [0.4, 0.5) is 0 Å². The van der Waals surface area contributed by atoms with Gasteiger partial charge in [0.15, 0.2) is 0 Å². The van der Waals surface area contributed by atoms with Crippen LogP contribution >= 0.6 is 11.8 Å². The number of hydrogen-bond acceptors (Lipinski definition) is 2. The molecular formula is C10H14OS. The minimum Gasteiger partial charge on any atom is -0.299 e. The number of carbonyl (C=O) groups excluding carboxylic acids is 1. The van der Waals surface area contributed by atoms with Crippen molar-refractivity contribution in [2.45, 2.75) is 26.2 Å². The van der Waals surface area contributed by atoms with Crippen LogP contribution in [0, 0.1) is 16.7 Å². The zero-order chi connectivity index (χ0) is 8.40. The summed E-state index contributed by atoms with van der Waals surface area (Å²) in [5, 5.41) is 0. The van der Waals surface area contributed by atoms with Crippen molar-refractivity contribution in [1.82, 2.24) is 0 Å². The Kier molecular flexibility index (Phi) is 1.19. The molecule has 1 heterocycles. The van der Waals surface area contributed by atoms with Crippen LogP contribution in [0.1, 0.15) is 26.2 Å². The first kappa shape index (κ1) is 7.43. The molecule has 0 aromatic carbocycles. The fourth-order valence-electron chi connectivity index (χ4n) is 3.63. The zero-order valence-electron chi connectivity index (χ0n) is 7.43. The molecule has 0 N–H and O–H groups in total. The summed E-state index contributed by atoms with van der Waals surface area (Å²) in [4.78, 5) is 11.8. The lowest BCUT2D eigenvalue weighted by atomic mass is 9.70. The summed E-state index contributed by atoms with van der Waals surface area (Å²) in [6.45, 7) is 2.36. The molecule has 2 aliphatic carbocycles. The average Bonchev–Trinajstić information content (AvgIpc) is 2.53. The van der Waals surface area contributed by atoms with E-state index in [-0.39, 0.29) is 5.41 Å². The first-order valence-corrected chi connectivity index (χ1v) is 5.96. The van der Waals surface area contributed by atoms with Gasteiger partial charge in [-0.2, -0.15) is 11.8 Å². The summed E-state index contributed by atoms with van der Waals surface area (Å²) in [5.41, 5.74) is 0.539. The number of hydrogen-bond donors (Lipinski definition) is 0. The zero-order valence-corrected chi connectivity index (χ0v) is 8.25. The molecule has 1 aliphatic heterocycles. The Labute approximate surface area is 77.3 Å². The lowest BCUT2D eigenvalue weighted by Crippen LogP contribution is -2.36. The molecule has 3 rings (SSSR count). The Balaban J connectivity index is 2.17. The Morgan fingerprint density at radius 1 is 1.50 bits per heavy atom. The fourth-order valence-corrected chi connectivity index (χ4v) is 5.65. The summed E-state index contributed by atoms with van der Waals surface area (Å²) >= 11 is 2.00. The summed E-state index contributed by atoms with van der Waals surface area (Å²) in [6, 6.07) is 0. The van der Waals surface area contributed by atoms with E-state index in [4.69, 9.17) is 0 Å². The van der Waals surface area contributed by atoms with Crippen molar-refractivity contribution in [2.24, 2.45) is 16.7 Å². The highest BCUT2D eigenvalue weighted by atomic mass is 32.2. The molecule has 12 heavy (non-hydrogen) atoms. The first-order valence-electron chi connectivity index (χ1n) is 4.80. The van der Waals surface area contributed by atoms with Crippen LogP contribution in [0.15, 0.2) is 0 Å². The molecular weight excluding hydrogens is 168 g/mol. The van der Waals surface area contributed by atoms with Gasteiger partial charge < -0.3 is 0 Å². The quantitative estimate of drug-likeness (QED) is 0.570. The van der Waals surface area contributed by atoms with Gasteiger partial charge in [0.1, 0.15) is 5.78 Å². The van der Waals surface area contributed by atoms with Gasteiger partial charge in [-0.1, -0.05) is 6.92 Å². The van der Waals surface area contributed by atoms with Gasteiger partial charge in [0.2, 0.25) is 0 Å². The van der Waals surface area contributed by atoms with Crippen molar-refractivity contribution in [3.63, 3.8) is 0 Å². The molecule has 0 aromatic heterocycles. The van der Waals surface area contributed by atoms with E-state index in [1.54, 1.807) is 0 Å². The Morgan fingerprint density at radius 3 is 3.00 bits per heavy atom. The predicted octanol–water partition coefficient (Wildman–Crippen LogP) is 2.11. The molecule has 66 valence electrons. The second kappa shape index (κ2) is 1.92. The van der Waals surface area contributed by atoms with Gasteiger partial charge in [-0.05, 0) is 29.9 Å². The van der Waals surface area contributed by atoms with Gasteiger partial charge in [-0.25, -0.2) is 0 Å². The number of rotatable bonds is 0. The van der Waals surface area contributed by atoms with Crippen LogP contribution in [0.5, 0.6) is 0 Å². The van der Waals surface area contributed by atoms with Crippen LogP contribution in [0.3, 0.4) is 0 Å². The highest BCUT2D eigenvalue weighted by molar-refractivity contribution is 7.99. The molecule has 2 bridgehead atoms. The monoisotopic (exact) mass is 182 g/mol. The third kappa shape index (κ3) is 0.535. The summed E-state index contributed by atoms with van der Waals surface area (Å²) in [7, 11) is 0. The molecule has 3 fully saturated rings. The molecule has 2 saturated carbocycles. The molecule has 2 heteroatoms. The number of Topliss-reactive ketones (excluding diaryl/α,β-unsaturated/α-hetero) is 1. The Morgan fingerprint density at radius 2 is 2.33 bits per heavy atom. The third-order valence-corrected chi connectivity index (χ3v) is 6.13. The second-order valence-corrected chi connectivity index (χ2v) is 5.84.